The number of hydrogen-bond acceptors (Lipinski definition) is 2. The average molecular weight is 199 g/mol. The normalized spacial score (nSPS) is 20.6. The van der Waals surface area contributed by atoms with Crippen LogP contribution in [-0.2, 0) is 4.79 Å². The second-order valence-electron chi connectivity index (χ2n) is 4.44. The van der Waals surface area contributed by atoms with E-state index in [-0.39, 0.29) is 12.5 Å². The van der Waals surface area contributed by atoms with Crippen LogP contribution in [0, 0.1) is 5.92 Å². The summed E-state index contributed by atoms with van der Waals surface area (Å²) in [6.45, 7) is 0. The Morgan fingerprint density at radius 2 is 2.00 bits per heavy atom. The molecule has 3 N–H and O–H groups in total. The van der Waals surface area contributed by atoms with Gasteiger partial charge in [-0.25, -0.2) is 0 Å². The number of rotatable bonds is 5. The molecule has 1 fully saturated rings. The average Bonchev–Trinajstić information content (AvgIpc) is 2.15. The number of carbonyl (C=O) groups is 1. The first-order chi connectivity index (χ1) is 6.68. The highest BCUT2D eigenvalue weighted by atomic mass is 16.4. The molecule has 0 aromatic rings. The van der Waals surface area contributed by atoms with Crippen molar-refractivity contribution in [3.8, 4) is 0 Å². The summed E-state index contributed by atoms with van der Waals surface area (Å²) in [5, 5.41) is 8.54. The third-order valence-electron chi connectivity index (χ3n) is 3.11. The van der Waals surface area contributed by atoms with Crippen molar-refractivity contribution in [2.24, 2.45) is 11.7 Å². The van der Waals surface area contributed by atoms with E-state index < -0.39 is 5.97 Å². The molecule has 3 nitrogen and oxygen atoms in total. The zero-order valence-corrected chi connectivity index (χ0v) is 8.74. The number of nitrogens with two attached hydrogens (primary N) is 1. The fourth-order valence-electron chi connectivity index (χ4n) is 2.25. The van der Waals surface area contributed by atoms with E-state index in [1.165, 1.54) is 32.1 Å². The Balaban J connectivity index is 2.09. The van der Waals surface area contributed by atoms with Crippen LogP contribution in [0.1, 0.15) is 51.4 Å². The van der Waals surface area contributed by atoms with Crippen molar-refractivity contribution in [2.45, 2.75) is 57.4 Å². The fraction of sp³-hybridized carbons (Fsp3) is 0.909. The van der Waals surface area contributed by atoms with Crippen molar-refractivity contribution >= 4 is 5.97 Å². The molecule has 0 aliphatic heterocycles. The first-order valence-corrected chi connectivity index (χ1v) is 5.66. The van der Waals surface area contributed by atoms with Crippen molar-refractivity contribution < 1.29 is 9.90 Å². The van der Waals surface area contributed by atoms with Crippen molar-refractivity contribution in [3.05, 3.63) is 0 Å². The van der Waals surface area contributed by atoms with Crippen LogP contribution in [0.3, 0.4) is 0 Å². The predicted molar refractivity (Wildman–Crippen MR) is 56.0 cm³/mol. The van der Waals surface area contributed by atoms with Crippen LogP contribution in [0.15, 0.2) is 0 Å². The topological polar surface area (TPSA) is 63.3 Å². The Bertz CT molecular complexity index is 176. The maximum absolute atomic E-state index is 10.4. The molecule has 1 aliphatic carbocycles. The Labute approximate surface area is 85.7 Å². The molecule has 1 saturated carbocycles. The monoisotopic (exact) mass is 199 g/mol. The summed E-state index contributed by atoms with van der Waals surface area (Å²) in [5.74, 6) is 0.0322. The number of carboxylic acid groups (broad SMARTS) is 1. The molecule has 0 radical (unpaired) electrons. The van der Waals surface area contributed by atoms with Gasteiger partial charge in [0.1, 0.15) is 0 Å². The lowest BCUT2D eigenvalue weighted by Crippen LogP contribution is -2.24. The molecule has 1 rings (SSSR count). The summed E-state index contributed by atoms with van der Waals surface area (Å²) < 4.78 is 0. The highest BCUT2D eigenvalue weighted by molar-refractivity contribution is 5.67. The summed E-state index contributed by atoms with van der Waals surface area (Å²) in [6, 6.07) is -0.144. The van der Waals surface area contributed by atoms with Crippen molar-refractivity contribution in [3.63, 3.8) is 0 Å². The molecule has 0 unspecified atom stereocenters. The van der Waals surface area contributed by atoms with Crippen LogP contribution in [0.4, 0.5) is 0 Å². The SMILES string of the molecule is N[C@@H](CCC1CCCCC1)CC(=O)O. The predicted octanol–water partition coefficient (Wildman–Crippen LogP) is 2.15. The zero-order valence-electron chi connectivity index (χ0n) is 8.74. The minimum absolute atomic E-state index is 0.118. The van der Waals surface area contributed by atoms with Crippen LogP contribution < -0.4 is 5.73 Å². The van der Waals surface area contributed by atoms with Gasteiger partial charge in [-0.3, -0.25) is 4.79 Å². The Hall–Kier alpha value is -0.570. The number of hydrogen-bond donors (Lipinski definition) is 2. The summed E-state index contributed by atoms with van der Waals surface area (Å²) in [7, 11) is 0. The van der Waals surface area contributed by atoms with E-state index in [4.69, 9.17) is 10.8 Å². The van der Waals surface area contributed by atoms with E-state index >= 15 is 0 Å². The third kappa shape index (κ3) is 4.61. The van der Waals surface area contributed by atoms with Crippen LogP contribution in [0.2, 0.25) is 0 Å². The molecular formula is C11H21NO2. The van der Waals surface area contributed by atoms with Gasteiger partial charge in [0.15, 0.2) is 0 Å². The Morgan fingerprint density at radius 1 is 1.36 bits per heavy atom. The molecule has 0 amide bonds. The summed E-state index contributed by atoms with van der Waals surface area (Å²) in [5.41, 5.74) is 5.71. The molecule has 14 heavy (non-hydrogen) atoms. The van der Waals surface area contributed by atoms with Gasteiger partial charge in [0.25, 0.3) is 0 Å². The third-order valence-corrected chi connectivity index (χ3v) is 3.11. The highest BCUT2D eigenvalue weighted by Gasteiger charge is 2.15. The summed E-state index contributed by atoms with van der Waals surface area (Å²) in [4.78, 5) is 10.4. The van der Waals surface area contributed by atoms with Gasteiger partial charge in [0.05, 0.1) is 6.42 Å². The van der Waals surface area contributed by atoms with Gasteiger partial charge < -0.3 is 10.8 Å². The van der Waals surface area contributed by atoms with Gasteiger partial charge in [0, 0.05) is 6.04 Å². The smallest absolute Gasteiger partial charge is 0.304 e. The molecule has 1 aliphatic rings. The Morgan fingerprint density at radius 3 is 2.57 bits per heavy atom. The van der Waals surface area contributed by atoms with Crippen LogP contribution >= 0.6 is 0 Å². The lowest BCUT2D eigenvalue weighted by molar-refractivity contribution is -0.137. The lowest BCUT2D eigenvalue weighted by Gasteiger charge is -2.22. The standard InChI is InChI=1S/C11H21NO2/c12-10(8-11(13)14)7-6-9-4-2-1-3-5-9/h9-10H,1-8,12H2,(H,13,14)/t10-/m0/s1. The van der Waals surface area contributed by atoms with Crippen LogP contribution in [-0.4, -0.2) is 17.1 Å². The molecule has 3 heteroatoms. The van der Waals surface area contributed by atoms with Crippen LogP contribution in [0.5, 0.6) is 0 Å². The lowest BCUT2D eigenvalue weighted by atomic mass is 9.85. The van der Waals surface area contributed by atoms with E-state index in [1.807, 2.05) is 0 Å². The second kappa shape index (κ2) is 6.02. The second-order valence-corrected chi connectivity index (χ2v) is 4.44. The van der Waals surface area contributed by atoms with E-state index in [0.717, 1.165) is 18.8 Å². The van der Waals surface area contributed by atoms with E-state index in [2.05, 4.69) is 0 Å². The van der Waals surface area contributed by atoms with E-state index in [1.54, 1.807) is 0 Å². The molecule has 1 atom stereocenters. The van der Waals surface area contributed by atoms with Gasteiger partial charge in [-0.2, -0.15) is 0 Å². The molecular weight excluding hydrogens is 178 g/mol. The Kier molecular flexibility index (Phi) is 4.94. The summed E-state index contributed by atoms with van der Waals surface area (Å²) >= 11 is 0. The summed E-state index contributed by atoms with van der Waals surface area (Å²) in [6.07, 6.45) is 8.81. The largest absolute Gasteiger partial charge is 0.481 e. The molecule has 0 saturated heterocycles. The van der Waals surface area contributed by atoms with Crippen LogP contribution in [0.25, 0.3) is 0 Å². The van der Waals surface area contributed by atoms with Crippen molar-refractivity contribution in [2.75, 3.05) is 0 Å². The number of aliphatic carboxylic acids is 1. The molecule has 0 aromatic carbocycles. The van der Waals surface area contributed by atoms with Gasteiger partial charge in [-0.05, 0) is 18.8 Å². The maximum atomic E-state index is 10.4. The highest BCUT2D eigenvalue weighted by Crippen LogP contribution is 2.27. The van der Waals surface area contributed by atoms with Gasteiger partial charge in [-0.1, -0.05) is 32.1 Å². The van der Waals surface area contributed by atoms with Gasteiger partial charge in [0.2, 0.25) is 0 Å². The molecule has 0 aromatic heterocycles. The minimum Gasteiger partial charge on any atom is -0.481 e. The zero-order chi connectivity index (χ0) is 10.4. The number of carboxylic acids is 1. The minimum atomic E-state index is -0.777. The molecule has 0 bridgehead atoms. The van der Waals surface area contributed by atoms with Crippen molar-refractivity contribution in [1.29, 1.82) is 0 Å². The fourth-order valence-corrected chi connectivity index (χ4v) is 2.25. The first-order valence-electron chi connectivity index (χ1n) is 5.66. The molecule has 82 valence electrons. The van der Waals surface area contributed by atoms with Crippen molar-refractivity contribution in [1.82, 2.24) is 0 Å². The molecule has 0 heterocycles. The maximum Gasteiger partial charge on any atom is 0.304 e. The van der Waals surface area contributed by atoms with E-state index in [9.17, 15) is 4.79 Å². The first kappa shape index (κ1) is 11.5. The quantitative estimate of drug-likeness (QED) is 0.713. The van der Waals surface area contributed by atoms with E-state index in [0.29, 0.717) is 0 Å². The molecule has 0 spiro atoms. The van der Waals surface area contributed by atoms with Gasteiger partial charge in [-0.15, -0.1) is 0 Å². The van der Waals surface area contributed by atoms with Gasteiger partial charge >= 0.3 is 5.97 Å².